The van der Waals surface area contributed by atoms with E-state index in [2.05, 4.69) is 6.07 Å². The zero-order chi connectivity index (χ0) is 16.5. The molecule has 2 aromatic carbocycles. The van der Waals surface area contributed by atoms with Crippen LogP contribution in [0.15, 0.2) is 48.5 Å². The lowest BCUT2D eigenvalue weighted by molar-refractivity contribution is -0.138. The molecule has 1 fully saturated rings. The van der Waals surface area contributed by atoms with Crippen molar-refractivity contribution in [1.82, 2.24) is 4.90 Å². The van der Waals surface area contributed by atoms with Crippen LogP contribution in [0.5, 0.6) is 11.5 Å². The van der Waals surface area contributed by atoms with Gasteiger partial charge in [-0.25, -0.2) is 0 Å². The van der Waals surface area contributed by atoms with Crippen molar-refractivity contribution >= 4 is 5.91 Å². The Labute approximate surface area is 142 Å². The summed E-state index contributed by atoms with van der Waals surface area (Å²) in [5.74, 6) is 1.76. The Morgan fingerprint density at radius 1 is 1.21 bits per heavy atom. The van der Waals surface area contributed by atoms with Gasteiger partial charge in [0.25, 0.3) is 5.91 Å². The molecule has 2 aliphatic heterocycles. The zero-order valence-electron chi connectivity index (χ0n) is 13.8. The molecule has 2 atom stereocenters. The third-order valence-electron chi connectivity index (χ3n) is 4.94. The van der Waals surface area contributed by atoms with E-state index in [0.29, 0.717) is 6.42 Å². The summed E-state index contributed by atoms with van der Waals surface area (Å²) >= 11 is 0. The van der Waals surface area contributed by atoms with Crippen molar-refractivity contribution in [2.75, 3.05) is 13.7 Å². The Hall–Kier alpha value is -2.49. The fourth-order valence-corrected chi connectivity index (χ4v) is 3.73. The second-order valence-corrected chi connectivity index (χ2v) is 6.38. The van der Waals surface area contributed by atoms with Gasteiger partial charge < -0.3 is 14.4 Å². The fraction of sp³-hybridized carbons (Fsp3) is 0.350. The van der Waals surface area contributed by atoms with Gasteiger partial charge in [0, 0.05) is 13.0 Å². The molecule has 2 aromatic rings. The van der Waals surface area contributed by atoms with E-state index in [-0.39, 0.29) is 11.9 Å². The minimum atomic E-state index is -0.395. The van der Waals surface area contributed by atoms with Gasteiger partial charge in [0.1, 0.15) is 11.5 Å². The van der Waals surface area contributed by atoms with Crippen LogP contribution in [0.3, 0.4) is 0 Å². The first-order valence-electron chi connectivity index (χ1n) is 8.45. The second-order valence-electron chi connectivity index (χ2n) is 6.38. The number of amides is 1. The van der Waals surface area contributed by atoms with E-state index in [1.165, 1.54) is 0 Å². The molecule has 0 spiro atoms. The first kappa shape index (κ1) is 15.1. The molecule has 2 aliphatic rings. The maximum absolute atomic E-state index is 13.0. The average molecular weight is 323 g/mol. The van der Waals surface area contributed by atoms with Gasteiger partial charge in [-0.15, -0.1) is 0 Å². The number of benzene rings is 2. The van der Waals surface area contributed by atoms with E-state index in [1.807, 2.05) is 47.4 Å². The molecule has 0 bridgehead atoms. The summed E-state index contributed by atoms with van der Waals surface area (Å²) in [6.45, 7) is 0.789. The van der Waals surface area contributed by atoms with Gasteiger partial charge in [-0.05, 0) is 42.2 Å². The van der Waals surface area contributed by atoms with E-state index in [4.69, 9.17) is 9.47 Å². The Bertz CT molecular complexity index is 733. The van der Waals surface area contributed by atoms with E-state index in [1.54, 1.807) is 7.11 Å². The highest BCUT2D eigenvalue weighted by Crippen LogP contribution is 2.36. The molecule has 0 unspecified atom stereocenters. The molecule has 1 amide bonds. The molecule has 1 saturated heterocycles. The van der Waals surface area contributed by atoms with Gasteiger partial charge in [-0.1, -0.05) is 30.3 Å². The van der Waals surface area contributed by atoms with Crippen LogP contribution in [0.4, 0.5) is 0 Å². The summed E-state index contributed by atoms with van der Waals surface area (Å²) in [5, 5.41) is 0. The van der Waals surface area contributed by atoms with Gasteiger partial charge in [0.05, 0.1) is 13.2 Å². The molecule has 2 heterocycles. The van der Waals surface area contributed by atoms with Crippen LogP contribution < -0.4 is 9.47 Å². The Balaban J connectivity index is 1.54. The monoisotopic (exact) mass is 323 g/mol. The van der Waals surface area contributed by atoms with Crippen molar-refractivity contribution in [1.29, 1.82) is 0 Å². The van der Waals surface area contributed by atoms with Crippen LogP contribution in [0, 0.1) is 0 Å². The Morgan fingerprint density at radius 3 is 2.92 bits per heavy atom. The number of ether oxygens (including phenoxy) is 2. The van der Waals surface area contributed by atoms with Gasteiger partial charge >= 0.3 is 0 Å². The molecular formula is C20H21NO3. The lowest BCUT2D eigenvalue weighted by Gasteiger charge is -2.27. The third-order valence-corrected chi connectivity index (χ3v) is 4.94. The molecule has 4 heteroatoms. The number of hydrogen-bond donors (Lipinski definition) is 0. The highest BCUT2D eigenvalue weighted by Gasteiger charge is 2.37. The number of nitrogens with zero attached hydrogens (tertiary/aromatic N) is 1. The highest BCUT2D eigenvalue weighted by atomic mass is 16.5. The molecule has 0 saturated carbocycles. The molecule has 0 aromatic heterocycles. The van der Waals surface area contributed by atoms with Gasteiger partial charge in [0.15, 0.2) is 6.10 Å². The summed E-state index contributed by atoms with van der Waals surface area (Å²) in [5.41, 5.74) is 2.25. The number of fused-ring (bicyclic) bond motifs is 1. The van der Waals surface area contributed by atoms with E-state index in [0.717, 1.165) is 42.0 Å². The third kappa shape index (κ3) is 2.62. The highest BCUT2D eigenvalue weighted by molar-refractivity contribution is 5.83. The summed E-state index contributed by atoms with van der Waals surface area (Å²) in [6.07, 6.45) is 2.27. The minimum Gasteiger partial charge on any atom is -0.497 e. The largest absolute Gasteiger partial charge is 0.497 e. The van der Waals surface area contributed by atoms with Crippen LogP contribution in [0.1, 0.15) is 30.0 Å². The van der Waals surface area contributed by atoms with Crippen molar-refractivity contribution in [3.05, 3.63) is 59.7 Å². The van der Waals surface area contributed by atoms with Gasteiger partial charge in [-0.3, -0.25) is 4.79 Å². The molecule has 4 rings (SSSR count). The molecule has 24 heavy (non-hydrogen) atoms. The number of carbonyl (C=O) groups is 1. The van der Waals surface area contributed by atoms with Crippen LogP contribution in [0.2, 0.25) is 0 Å². The number of para-hydroxylation sites is 1. The predicted molar refractivity (Wildman–Crippen MR) is 91.2 cm³/mol. The number of methoxy groups -OCH3 is 1. The molecular weight excluding hydrogens is 302 g/mol. The summed E-state index contributed by atoms with van der Waals surface area (Å²) < 4.78 is 11.2. The smallest absolute Gasteiger partial charge is 0.264 e. The zero-order valence-corrected chi connectivity index (χ0v) is 13.8. The molecule has 0 aliphatic carbocycles. The van der Waals surface area contributed by atoms with Gasteiger partial charge in [0.2, 0.25) is 0 Å². The molecule has 4 nitrogen and oxygen atoms in total. The average Bonchev–Trinajstić information content (AvgIpc) is 3.28. The Kier molecular flexibility index (Phi) is 3.89. The quantitative estimate of drug-likeness (QED) is 0.869. The van der Waals surface area contributed by atoms with Crippen LogP contribution >= 0.6 is 0 Å². The van der Waals surface area contributed by atoms with Crippen LogP contribution in [-0.4, -0.2) is 30.6 Å². The lowest BCUT2D eigenvalue weighted by atomic mass is 10.0. The van der Waals surface area contributed by atoms with Crippen molar-refractivity contribution < 1.29 is 14.3 Å². The van der Waals surface area contributed by atoms with Crippen LogP contribution in [0.25, 0.3) is 0 Å². The van der Waals surface area contributed by atoms with Crippen LogP contribution in [-0.2, 0) is 11.2 Å². The number of likely N-dealkylation sites (tertiary alicyclic amines) is 1. The minimum absolute atomic E-state index is 0.0940. The SMILES string of the molecule is COc1cccc([C@H]2CCCN2C(=O)[C@@H]2Cc3ccccc3O2)c1. The maximum Gasteiger partial charge on any atom is 0.264 e. The maximum atomic E-state index is 13.0. The van der Waals surface area contributed by atoms with Crippen molar-refractivity contribution in [3.63, 3.8) is 0 Å². The topological polar surface area (TPSA) is 38.8 Å². The van der Waals surface area contributed by atoms with E-state index >= 15 is 0 Å². The summed E-state index contributed by atoms with van der Waals surface area (Å²) in [7, 11) is 1.67. The summed E-state index contributed by atoms with van der Waals surface area (Å²) in [4.78, 5) is 15.0. The second kappa shape index (κ2) is 6.19. The number of hydrogen-bond acceptors (Lipinski definition) is 3. The van der Waals surface area contributed by atoms with E-state index in [9.17, 15) is 4.79 Å². The summed E-state index contributed by atoms with van der Waals surface area (Å²) in [6, 6.07) is 16.0. The van der Waals surface area contributed by atoms with Crippen molar-refractivity contribution in [2.24, 2.45) is 0 Å². The fourth-order valence-electron chi connectivity index (χ4n) is 3.73. The number of rotatable bonds is 3. The van der Waals surface area contributed by atoms with Crippen molar-refractivity contribution in [3.8, 4) is 11.5 Å². The normalized spacial score (nSPS) is 22.1. The first-order chi connectivity index (χ1) is 11.8. The molecule has 124 valence electrons. The lowest BCUT2D eigenvalue weighted by Crippen LogP contribution is -2.40. The van der Waals surface area contributed by atoms with Crippen molar-refractivity contribution in [2.45, 2.75) is 31.4 Å². The Morgan fingerprint density at radius 2 is 2.08 bits per heavy atom. The first-order valence-corrected chi connectivity index (χ1v) is 8.45. The van der Waals surface area contributed by atoms with E-state index < -0.39 is 6.10 Å². The van der Waals surface area contributed by atoms with Gasteiger partial charge in [-0.2, -0.15) is 0 Å². The number of carbonyl (C=O) groups excluding carboxylic acids is 1. The standard InChI is InChI=1S/C20H21NO3/c1-23-16-8-4-7-14(12-16)17-9-5-11-21(17)20(22)19-13-15-6-2-3-10-18(15)24-19/h2-4,6-8,10,12,17,19H,5,9,11,13H2,1H3/t17-,19+/m1/s1. The molecule has 0 N–H and O–H groups in total. The molecule has 0 radical (unpaired) electrons. The predicted octanol–water partition coefficient (Wildman–Crippen LogP) is 3.36.